The summed E-state index contributed by atoms with van der Waals surface area (Å²) < 4.78 is 0. The quantitative estimate of drug-likeness (QED) is 0.845. The van der Waals surface area contributed by atoms with Crippen LogP contribution in [0.1, 0.15) is 50.7 Å². The zero-order valence-electron chi connectivity index (χ0n) is 12.1. The van der Waals surface area contributed by atoms with Gasteiger partial charge in [-0.25, -0.2) is 0 Å². The Bertz CT molecular complexity index is 373. The van der Waals surface area contributed by atoms with Gasteiger partial charge in [0.15, 0.2) is 0 Å². The van der Waals surface area contributed by atoms with E-state index in [-0.39, 0.29) is 0 Å². The van der Waals surface area contributed by atoms with Crippen molar-refractivity contribution in [1.29, 1.82) is 0 Å². The maximum atomic E-state index is 3.86. The highest BCUT2D eigenvalue weighted by Gasteiger charge is 2.33. The van der Waals surface area contributed by atoms with Crippen molar-refractivity contribution >= 4 is 0 Å². The van der Waals surface area contributed by atoms with E-state index in [1.165, 1.54) is 49.8 Å². The number of hydrogen-bond acceptors (Lipinski definition) is 1. The van der Waals surface area contributed by atoms with Gasteiger partial charge in [-0.1, -0.05) is 56.5 Å². The standard InChI is InChI=1S/C17H27N/c1-14(2)17(10-5-4-6-11-18-17)13-16-9-7-8-15(3)12-16/h7-9,12,14,18H,4-6,10-11,13H2,1-3H3. The van der Waals surface area contributed by atoms with Gasteiger partial charge in [0, 0.05) is 5.54 Å². The zero-order valence-corrected chi connectivity index (χ0v) is 12.1. The second-order valence-corrected chi connectivity index (χ2v) is 6.21. The smallest absolute Gasteiger partial charge is 0.0244 e. The van der Waals surface area contributed by atoms with Gasteiger partial charge in [-0.15, -0.1) is 0 Å². The Labute approximate surface area is 112 Å². The molecule has 1 aromatic rings. The largest absolute Gasteiger partial charge is 0.311 e. The Balaban J connectivity index is 2.19. The summed E-state index contributed by atoms with van der Waals surface area (Å²) in [6.07, 6.45) is 6.58. The second-order valence-electron chi connectivity index (χ2n) is 6.21. The van der Waals surface area contributed by atoms with Gasteiger partial charge in [-0.3, -0.25) is 0 Å². The Kier molecular flexibility index (Phi) is 4.45. The molecule has 0 saturated carbocycles. The molecule has 18 heavy (non-hydrogen) atoms. The lowest BCUT2D eigenvalue weighted by Crippen LogP contribution is -2.50. The molecule has 1 unspecified atom stereocenters. The molecule has 0 spiro atoms. The molecule has 1 N–H and O–H groups in total. The summed E-state index contributed by atoms with van der Waals surface area (Å²) in [5.74, 6) is 0.691. The Morgan fingerprint density at radius 2 is 2.06 bits per heavy atom. The third-order valence-electron chi connectivity index (χ3n) is 4.48. The van der Waals surface area contributed by atoms with Gasteiger partial charge in [0.25, 0.3) is 0 Å². The summed E-state index contributed by atoms with van der Waals surface area (Å²) in [4.78, 5) is 0. The molecule has 0 radical (unpaired) electrons. The maximum absolute atomic E-state index is 3.86. The summed E-state index contributed by atoms with van der Waals surface area (Å²) in [6.45, 7) is 8.11. The van der Waals surface area contributed by atoms with Crippen LogP contribution in [0.5, 0.6) is 0 Å². The summed E-state index contributed by atoms with van der Waals surface area (Å²) in [5, 5.41) is 3.86. The van der Waals surface area contributed by atoms with Crippen LogP contribution in [0.25, 0.3) is 0 Å². The van der Waals surface area contributed by atoms with Gasteiger partial charge in [0.2, 0.25) is 0 Å². The minimum absolute atomic E-state index is 0.310. The molecule has 1 saturated heterocycles. The van der Waals surface area contributed by atoms with Crippen molar-refractivity contribution in [2.24, 2.45) is 5.92 Å². The van der Waals surface area contributed by atoms with Crippen LogP contribution in [-0.4, -0.2) is 12.1 Å². The van der Waals surface area contributed by atoms with Gasteiger partial charge in [-0.05, 0) is 44.2 Å². The molecule has 1 atom stereocenters. The summed E-state index contributed by atoms with van der Waals surface area (Å²) in [5.41, 5.74) is 3.17. The van der Waals surface area contributed by atoms with E-state index in [9.17, 15) is 0 Å². The maximum Gasteiger partial charge on any atom is 0.0244 e. The summed E-state index contributed by atoms with van der Waals surface area (Å²) >= 11 is 0. The predicted molar refractivity (Wildman–Crippen MR) is 78.9 cm³/mol. The van der Waals surface area contributed by atoms with E-state index in [2.05, 4.69) is 50.4 Å². The molecule has 1 aliphatic rings. The van der Waals surface area contributed by atoms with E-state index in [1.807, 2.05) is 0 Å². The zero-order chi connectivity index (χ0) is 13.0. The van der Waals surface area contributed by atoms with Crippen LogP contribution in [0.4, 0.5) is 0 Å². The molecular formula is C17H27N. The van der Waals surface area contributed by atoms with Crippen LogP contribution in [0.15, 0.2) is 24.3 Å². The van der Waals surface area contributed by atoms with Gasteiger partial charge >= 0.3 is 0 Å². The lowest BCUT2D eigenvalue weighted by atomic mass is 9.77. The van der Waals surface area contributed by atoms with Crippen molar-refractivity contribution in [3.05, 3.63) is 35.4 Å². The van der Waals surface area contributed by atoms with E-state index in [0.29, 0.717) is 11.5 Å². The molecule has 1 aromatic carbocycles. The van der Waals surface area contributed by atoms with Crippen molar-refractivity contribution in [3.8, 4) is 0 Å². The van der Waals surface area contributed by atoms with Crippen molar-refractivity contribution in [3.63, 3.8) is 0 Å². The molecule has 1 fully saturated rings. The fraction of sp³-hybridized carbons (Fsp3) is 0.647. The number of benzene rings is 1. The predicted octanol–water partition coefficient (Wildman–Crippen LogP) is 4.10. The average Bonchev–Trinajstić information content (AvgIpc) is 2.55. The third-order valence-corrected chi connectivity index (χ3v) is 4.48. The molecule has 1 heterocycles. The van der Waals surface area contributed by atoms with Crippen LogP contribution in [0.2, 0.25) is 0 Å². The second kappa shape index (κ2) is 5.88. The Hall–Kier alpha value is -0.820. The van der Waals surface area contributed by atoms with Crippen LogP contribution >= 0.6 is 0 Å². The van der Waals surface area contributed by atoms with Crippen LogP contribution < -0.4 is 5.32 Å². The first-order valence-electron chi connectivity index (χ1n) is 7.43. The summed E-state index contributed by atoms with van der Waals surface area (Å²) in [7, 11) is 0. The van der Waals surface area contributed by atoms with Crippen LogP contribution in [0, 0.1) is 12.8 Å². The highest BCUT2D eigenvalue weighted by Crippen LogP contribution is 2.30. The van der Waals surface area contributed by atoms with Crippen molar-refractivity contribution in [1.82, 2.24) is 5.32 Å². The van der Waals surface area contributed by atoms with Gasteiger partial charge in [0.1, 0.15) is 0 Å². The number of hydrogen-bond donors (Lipinski definition) is 1. The normalized spacial score (nSPS) is 25.1. The highest BCUT2D eigenvalue weighted by molar-refractivity contribution is 5.24. The lowest BCUT2D eigenvalue weighted by Gasteiger charge is -2.38. The SMILES string of the molecule is Cc1cccc(CC2(C(C)C)CCCCCN2)c1. The van der Waals surface area contributed by atoms with E-state index >= 15 is 0 Å². The summed E-state index contributed by atoms with van der Waals surface area (Å²) in [6, 6.07) is 9.00. The first-order chi connectivity index (χ1) is 8.62. The topological polar surface area (TPSA) is 12.0 Å². The van der Waals surface area contributed by atoms with Crippen molar-refractivity contribution < 1.29 is 0 Å². The number of nitrogens with one attached hydrogen (secondary N) is 1. The van der Waals surface area contributed by atoms with Crippen molar-refractivity contribution in [2.45, 2.75) is 58.4 Å². The fourth-order valence-corrected chi connectivity index (χ4v) is 3.20. The van der Waals surface area contributed by atoms with E-state index in [1.54, 1.807) is 0 Å². The number of aryl methyl sites for hydroxylation is 1. The van der Waals surface area contributed by atoms with Gasteiger partial charge in [-0.2, -0.15) is 0 Å². The molecule has 0 amide bonds. The average molecular weight is 245 g/mol. The van der Waals surface area contributed by atoms with Crippen LogP contribution in [0.3, 0.4) is 0 Å². The monoisotopic (exact) mass is 245 g/mol. The molecule has 1 aliphatic heterocycles. The van der Waals surface area contributed by atoms with E-state index < -0.39 is 0 Å². The first kappa shape index (κ1) is 13.6. The van der Waals surface area contributed by atoms with E-state index in [0.717, 1.165) is 0 Å². The minimum atomic E-state index is 0.310. The first-order valence-corrected chi connectivity index (χ1v) is 7.43. The minimum Gasteiger partial charge on any atom is -0.311 e. The van der Waals surface area contributed by atoms with Crippen LogP contribution in [-0.2, 0) is 6.42 Å². The van der Waals surface area contributed by atoms with Crippen molar-refractivity contribution in [2.75, 3.05) is 6.54 Å². The fourth-order valence-electron chi connectivity index (χ4n) is 3.20. The molecular weight excluding hydrogens is 218 g/mol. The molecule has 0 aliphatic carbocycles. The Morgan fingerprint density at radius 1 is 1.22 bits per heavy atom. The molecule has 2 rings (SSSR count). The lowest BCUT2D eigenvalue weighted by molar-refractivity contribution is 0.226. The van der Waals surface area contributed by atoms with Gasteiger partial charge < -0.3 is 5.32 Å². The van der Waals surface area contributed by atoms with Gasteiger partial charge in [0.05, 0.1) is 0 Å². The number of rotatable bonds is 3. The molecule has 1 nitrogen and oxygen atoms in total. The third kappa shape index (κ3) is 3.14. The van der Waals surface area contributed by atoms with E-state index in [4.69, 9.17) is 0 Å². The molecule has 1 heteroatoms. The Morgan fingerprint density at radius 3 is 2.78 bits per heavy atom. The molecule has 0 aromatic heterocycles. The highest BCUT2D eigenvalue weighted by atomic mass is 15.0. The molecule has 100 valence electrons. The molecule has 0 bridgehead atoms.